The van der Waals surface area contributed by atoms with E-state index in [1.165, 1.54) is 0 Å². The molecule has 0 saturated heterocycles. The summed E-state index contributed by atoms with van der Waals surface area (Å²) < 4.78 is 0. The maximum Gasteiger partial charge on any atom is 0.308 e. The Kier molecular flexibility index (Phi) is 3.29. The Labute approximate surface area is 72.3 Å². The maximum absolute atomic E-state index is 10.7. The van der Waals surface area contributed by atoms with Crippen molar-refractivity contribution in [2.24, 2.45) is 11.7 Å². The summed E-state index contributed by atoms with van der Waals surface area (Å²) >= 11 is 0. The van der Waals surface area contributed by atoms with E-state index in [2.05, 4.69) is 0 Å². The van der Waals surface area contributed by atoms with Crippen molar-refractivity contribution in [1.29, 1.82) is 0 Å². The lowest BCUT2D eigenvalue weighted by atomic mass is 9.91. The van der Waals surface area contributed by atoms with Gasteiger partial charge >= 0.3 is 5.97 Å². The van der Waals surface area contributed by atoms with E-state index < -0.39 is 5.97 Å². The summed E-state index contributed by atoms with van der Waals surface area (Å²) in [6, 6.07) is -0.303. The molecule has 2 atom stereocenters. The molecule has 12 heavy (non-hydrogen) atoms. The zero-order valence-electron chi connectivity index (χ0n) is 7.07. The van der Waals surface area contributed by atoms with Crippen LogP contribution in [0.1, 0.15) is 25.7 Å². The van der Waals surface area contributed by atoms with Crippen molar-refractivity contribution < 1.29 is 9.90 Å². The van der Waals surface area contributed by atoms with Crippen LogP contribution in [0.5, 0.6) is 0 Å². The van der Waals surface area contributed by atoms with Crippen LogP contribution in [0.3, 0.4) is 0 Å². The number of carboxylic acids is 1. The highest BCUT2D eigenvalue weighted by molar-refractivity contribution is 5.71. The first-order chi connectivity index (χ1) is 5.72. The topological polar surface area (TPSA) is 63.3 Å². The second-order valence-electron chi connectivity index (χ2n) is 3.23. The lowest BCUT2D eigenvalue weighted by Crippen LogP contribution is -2.34. The molecule has 0 aliphatic heterocycles. The van der Waals surface area contributed by atoms with Crippen molar-refractivity contribution in [3.63, 3.8) is 0 Å². The van der Waals surface area contributed by atoms with Gasteiger partial charge in [-0.15, -0.1) is 0 Å². The Morgan fingerprint density at radius 2 is 2.25 bits per heavy atom. The summed E-state index contributed by atoms with van der Waals surface area (Å²) in [4.78, 5) is 10.7. The fourth-order valence-corrected chi connectivity index (χ4v) is 1.49. The Bertz CT molecular complexity index is 189. The average molecular weight is 169 g/mol. The molecule has 3 heteroatoms. The largest absolute Gasteiger partial charge is 0.481 e. The molecule has 68 valence electrons. The van der Waals surface area contributed by atoms with E-state index >= 15 is 0 Å². The maximum atomic E-state index is 10.7. The highest BCUT2D eigenvalue weighted by atomic mass is 16.4. The molecule has 3 nitrogen and oxygen atoms in total. The molecule has 0 amide bonds. The van der Waals surface area contributed by atoms with Gasteiger partial charge in [0.2, 0.25) is 0 Å². The molecule has 0 heterocycles. The first kappa shape index (κ1) is 9.26. The van der Waals surface area contributed by atoms with Crippen molar-refractivity contribution in [1.82, 2.24) is 0 Å². The zero-order valence-corrected chi connectivity index (χ0v) is 7.07. The van der Waals surface area contributed by atoms with Gasteiger partial charge in [-0.25, -0.2) is 0 Å². The lowest BCUT2D eigenvalue weighted by Gasteiger charge is -2.18. The smallest absolute Gasteiger partial charge is 0.308 e. The Morgan fingerprint density at radius 3 is 2.92 bits per heavy atom. The summed E-state index contributed by atoms with van der Waals surface area (Å²) in [6.45, 7) is 0. The summed E-state index contributed by atoms with van der Waals surface area (Å²) in [5, 5.41) is 8.81. The van der Waals surface area contributed by atoms with E-state index in [0.717, 1.165) is 19.3 Å². The van der Waals surface area contributed by atoms with E-state index in [4.69, 9.17) is 10.8 Å². The first-order valence-corrected chi connectivity index (χ1v) is 4.37. The zero-order chi connectivity index (χ0) is 8.97. The third-order valence-corrected chi connectivity index (χ3v) is 2.28. The van der Waals surface area contributed by atoms with E-state index in [1.807, 2.05) is 12.2 Å². The average Bonchev–Trinajstić information content (AvgIpc) is 1.96. The number of nitrogens with two attached hydrogens (primary N) is 1. The second-order valence-corrected chi connectivity index (χ2v) is 3.23. The third kappa shape index (κ3) is 2.34. The number of carboxylic acid groups (broad SMARTS) is 1. The Hall–Kier alpha value is -0.830. The first-order valence-electron chi connectivity index (χ1n) is 4.37. The minimum atomic E-state index is -0.769. The molecule has 3 N–H and O–H groups in total. The van der Waals surface area contributed by atoms with Crippen molar-refractivity contribution >= 4 is 5.97 Å². The second kappa shape index (κ2) is 4.26. The van der Waals surface area contributed by atoms with Crippen LogP contribution in [0, 0.1) is 5.92 Å². The van der Waals surface area contributed by atoms with Crippen LogP contribution < -0.4 is 5.73 Å². The molecule has 1 aliphatic carbocycles. The fraction of sp³-hybridized carbons (Fsp3) is 0.667. The standard InChI is InChI=1S/C9H15NO2/c10-8-6-4-2-1-3-5-7(8)9(11)12/h4,6-8H,1-3,5,10H2,(H,11,12)/b6-4-/t7-,8+/m0/s1. The number of aliphatic carboxylic acids is 1. The number of hydrogen-bond donors (Lipinski definition) is 2. The summed E-state index contributed by atoms with van der Waals surface area (Å²) in [5.41, 5.74) is 5.68. The SMILES string of the molecule is N[C@@H]1/C=C\CCCC[C@@H]1C(=O)O. The number of allylic oxidation sites excluding steroid dienone is 1. The van der Waals surface area contributed by atoms with Gasteiger partial charge in [-0.2, -0.15) is 0 Å². The van der Waals surface area contributed by atoms with E-state index in [9.17, 15) is 4.79 Å². The van der Waals surface area contributed by atoms with Crippen molar-refractivity contribution in [2.45, 2.75) is 31.7 Å². The predicted octanol–water partition coefficient (Wildman–Crippen LogP) is 1.14. The van der Waals surface area contributed by atoms with E-state index in [0.29, 0.717) is 6.42 Å². The summed E-state index contributed by atoms with van der Waals surface area (Å²) in [7, 11) is 0. The van der Waals surface area contributed by atoms with Gasteiger partial charge in [-0.05, 0) is 19.3 Å². The minimum Gasteiger partial charge on any atom is -0.481 e. The molecule has 0 saturated carbocycles. The molecule has 0 fully saturated rings. The van der Waals surface area contributed by atoms with E-state index in [-0.39, 0.29) is 12.0 Å². The van der Waals surface area contributed by atoms with Gasteiger partial charge in [0.15, 0.2) is 0 Å². The minimum absolute atomic E-state index is 0.303. The Balaban J connectivity index is 2.62. The van der Waals surface area contributed by atoms with Crippen molar-refractivity contribution in [2.75, 3.05) is 0 Å². The molecule has 0 aromatic carbocycles. The molecule has 0 unspecified atom stereocenters. The molecular weight excluding hydrogens is 154 g/mol. The number of hydrogen-bond acceptors (Lipinski definition) is 2. The molecule has 0 radical (unpaired) electrons. The van der Waals surface area contributed by atoms with Crippen LogP contribution in [-0.2, 0) is 4.79 Å². The molecule has 1 aliphatic rings. The van der Waals surface area contributed by atoms with Gasteiger partial charge in [0, 0.05) is 6.04 Å². The van der Waals surface area contributed by atoms with Gasteiger partial charge in [0.25, 0.3) is 0 Å². The highest BCUT2D eigenvalue weighted by Gasteiger charge is 2.23. The highest BCUT2D eigenvalue weighted by Crippen LogP contribution is 2.17. The molecule has 1 rings (SSSR count). The van der Waals surface area contributed by atoms with Gasteiger partial charge in [-0.3, -0.25) is 4.79 Å². The molecule has 0 aromatic heterocycles. The van der Waals surface area contributed by atoms with Crippen LogP contribution in [0.25, 0.3) is 0 Å². The lowest BCUT2D eigenvalue weighted by molar-refractivity contribution is -0.142. The van der Waals surface area contributed by atoms with Gasteiger partial charge in [-0.1, -0.05) is 18.6 Å². The van der Waals surface area contributed by atoms with Crippen LogP contribution in [0.4, 0.5) is 0 Å². The van der Waals surface area contributed by atoms with Crippen LogP contribution >= 0.6 is 0 Å². The van der Waals surface area contributed by atoms with Crippen molar-refractivity contribution in [3.05, 3.63) is 12.2 Å². The van der Waals surface area contributed by atoms with Crippen LogP contribution in [-0.4, -0.2) is 17.1 Å². The van der Waals surface area contributed by atoms with E-state index in [1.54, 1.807) is 0 Å². The predicted molar refractivity (Wildman–Crippen MR) is 46.7 cm³/mol. The van der Waals surface area contributed by atoms with Gasteiger partial charge < -0.3 is 10.8 Å². The summed E-state index contributed by atoms with van der Waals surface area (Å²) in [5.74, 6) is -1.16. The molecule has 0 spiro atoms. The third-order valence-electron chi connectivity index (χ3n) is 2.28. The van der Waals surface area contributed by atoms with Crippen LogP contribution in [0.15, 0.2) is 12.2 Å². The van der Waals surface area contributed by atoms with Gasteiger partial charge in [0.1, 0.15) is 0 Å². The monoisotopic (exact) mass is 169 g/mol. The fourth-order valence-electron chi connectivity index (χ4n) is 1.49. The number of carbonyl (C=O) groups is 1. The number of rotatable bonds is 1. The van der Waals surface area contributed by atoms with Crippen LogP contribution in [0.2, 0.25) is 0 Å². The van der Waals surface area contributed by atoms with Crippen molar-refractivity contribution in [3.8, 4) is 0 Å². The quantitative estimate of drug-likeness (QED) is 0.579. The normalized spacial score (nSPS) is 33.4. The van der Waals surface area contributed by atoms with Gasteiger partial charge in [0.05, 0.1) is 5.92 Å². The molecule has 0 bridgehead atoms. The molecular formula is C9H15NO2. The molecule has 0 aromatic rings. The summed E-state index contributed by atoms with van der Waals surface area (Å²) in [6.07, 6.45) is 7.58. The Morgan fingerprint density at radius 1 is 1.50 bits per heavy atom.